The van der Waals surface area contributed by atoms with Crippen molar-refractivity contribution in [2.45, 2.75) is 19.9 Å². The fourth-order valence-electron chi connectivity index (χ4n) is 2.23. The maximum absolute atomic E-state index is 6.37. The molecule has 0 radical (unpaired) electrons. The molecule has 0 aliphatic carbocycles. The maximum atomic E-state index is 6.37. The fraction of sp³-hybridized carbons (Fsp3) is 0.294. The molecule has 2 aromatic rings. The molecule has 0 aromatic heterocycles. The Balaban J connectivity index is 2.12. The SMILES string of the molecule is Cc1ccc(CN(C)c2ccc(CCN)cc2Cl)cc1. The molecule has 3 heteroatoms. The number of nitrogens with zero attached hydrogens (tertiary/aromatic N) is 1. The van der Waals surface area contributed by atoms with Gasteiger partial charge in [-0.05, 0) is 43.1 Å². The summed E-state index contributed by atoms with van der Waals surface area (Å²) in [5.74, 6) is 0. The Morgan fingerprint density at radius 3 is 2.30 bits per heavy atom. The highest BCUT2D eigenvalue weighted by Crippen LogP contribution is 2.27. The van der Waals surface area contributed by atoms with Crippen LogP contribution in [0.2, 0.25) is 5.02 Å². The Kier molecular flexibility index (Phi) is 5.05. The summed E-state index contributed by atoms with van der Waals surface area (Å²) in [6.45, 7) is 3.59. The summed E-state index contributed by atoms with van der Waals surface area (Å²) in [4.78, 5) is 2.17. The van der Waals surface area contributed by atoms with Crippen LogP contribution in [0, 0.1) is 6.92 Å². The molecule has 0 unspecified atom stereocenters. The molecule has 0 saturated heterocycles. The van der Waals surface area contributed by atoms with E-state index in [1.807, 2.05) is 6.07 Å². The van der Waals surface area contributed by atoms with Crippen LogP contribution in [0.4, 0.5) is 5.69 Å². The third-order valence-electron chi connectivity index (χ3n) is 3.40. The Labute approximate surface area is 126 Å². The normalized spacial score (nSPS) is 10.6. The minimum atomic E-state index is 0.648. The van der Waals surface area contributed by atoms with Gasteiger partial charge >= 0.3 is 0 Å². The summed E-state index contributed by atoms with van der Waals surface area (Å²) < 4.78 is 0. The van der Waals surface area contributed by atoms with Crippen LogP contribution in [0.15, 0.2) is 42.5 Å². The number of halogens is 1. The third kappa shape index (κ3) is 3.75. The Bertz CT molecular complexity index is 564. The van der Waals surface area contributed by atoms with Crippen LogP contribution < -0.4 is 10.6 Å². The molecule has 2 aromatic carbocycles. The monoisotopic (exact) mass is 288 g/mol. The molecule has 2 nitrogen and oxygen atoms in total. The van der Waals surface area contributed by atoms with Crippen LogP contribution in [0.3, 0.4) is 0 Å². The number of hydrogen-bond donors (Lipinski definition) is 1. The van der Waals surface area contributed by atoms with Crippen LogP contribution in [-0.2, 0) is 13.0 Å². The lowest BCUT2D eigenvalue weighted by atomic mass is 10.1. The minimum Gasteiger partial charge on any atom is -0.369 e. The molecule has 0 saturated carbocycles. The average Bonchev–Trinajstić information content (AvgIpc) is 2.42. The smallest absolute Gasteiger partial charge is 0.0642 e. The summed E-state index contributed by atoms with van der Waals surface area (Å²) in [7, 11) is 2.06. The van der Waals surface area contributed by atoms with E-state index in [1.54, 1.807) is 0 Å². The number of nitrogens with two attached hydrogens (primary N) is 1. The zero-order valence-electron chi connectivity index (χ0n) is 12.1. The molecule has 2 N–H and O–H groups in total. The lowest BCUT2D eigenvalue weighted by molar-refractivity contribution is 0.918. The van der Waals surface area contributed by atoms with Crippen molar-refractivity contribution in [2.75, 3.05) is 18.5 Å². The standard InChI is InChI=1S/C17H21ClN2/c1-13-3-5-15(6-4-13)12-20(2)17-8-7-14(9-10-19)11-16(17)18/h3-8,11H,9-10,12,19H2,1-2H3. The fourth-order valence-corrected chi connectivity index (χ4v) is 2.58. The van der Waals surface area contributed by atoms with Gasteiger partial charge < -0.3 is 10.6 Å². The van der Waals surface area contributed by atoms with E-state index < -0.39 is 0 Å². The van der Waals surface area contributed by atoms with Crippen LogP contribution in [0.1, 0.15) is 16.7 Å². The average molecular weight is 289 g/mol. The number of benzene rings is 2. The van der Waals surface area contributed by atoms with Gasteiger partial charge in [0.1, 0.15) is 0 Å². The van der Waals surface area contributed by atoms with Gasteiger partial charge in [-0.25, -0.2) is 0 Å². The first-order chi connectivity index (χ1) is 9.60. The highest BCUT2D eigenvalue weighted by molar-refractivity contribution is 6.33. The molecule has 106 valence electrons. The van der Waals surface area contributed by atoms with Crippen LogP contribution >= 0.6 is 11.6 Å². The molecular weight excluding hydrogens is 268 g/mol. The largest absolute Gasteiger partial charge is 0.369 e. The number of anilines is 1. The summed E-state index contributed by atoms with van der Waals surface area (Å²) in [6, 6.07) is 14.8. The van der Waals surface area contributed by atoms with E-state index in [0.717, 1.165) is 23.7 Å². The van der Waals surface area contributed by atoms with Crippen molar-refractivity contribution in [3.8, 4) is 0 Å². The molecule has 20 heavy (non-hydrogen) atoms. The van der Waals surface area contributed by atoms with Crippen LogP contribution in [0.5, 0.6) is 0 Å². The second kappa shape index (κ2) is 6.78. The summed E-state index contributed by atoms with van der Waals surface area (Å²) in [5.41, 5.74) is 10.4. The highest BCUT2D eigenvalue weighted by Gasteiger charge is 2.07. The predicted molar refractivity (Wildman–Crippen MR) is 87.5 cm³/mol. The van der Waals surface area contributed by atoms with Crippen molar-refractivity contribution in [3.05, 3.63) is 64.2 Å². The van der Waals surface area contributed by atoms with E-state index in [1.165, 1.54) is 16.7 Å². The summed E-state index contributed by atoms with van der Waals surface area (Å²) >= 11 is 6.37. The quantitative estimate of drug-likeness (QED) is 0.907. The van der Waals surface area contributed by atoms with Crippen molar-refractivity contribution >= 4 is 17.3 Å². The number of hydrogen-bond acceptors (Lipinski definition) is 2. The molecule has 0 aliphatic rings. The second-order valence-corrected chi connectivity index (χ2v) is 5.57. The summed E-state index contributed by atoms with van der Waals surface area (Å²) in [5, 5.41) is 0.783. The zero-order chi connectivity index (χ0) is 14.5. The minimum absolute atomic E-state index is 0.648. The van der Waals surface area contributed by atoms with Crippen molar-refractivity contribution in [1.29, 1.82) is 0 Å². The molecule has 2 rings (SSSR count). The zero-order valence-corrected chi connectivity index (χ0v) is 12.8. The molecule has 0 bridgehead atoms. The van der Waals surface area contributed by atoms with E-state index in [2.05, 4.69) is 55.3 Å². The van der Waals surface area contributed by atoms with E-state index in [9.17, 15) is 0 Å². The topological polar surface area (TPSA) is 29.3 Å². The van der Waals surface area contributed by atoms with Gasteiger partial charge in [-0.15, -0.1) is 0 Å². The van der Waals surface area contributed by atoms with E-state index in [0.29, 0.717) is 6.54 Å². The van der Waals surface area contributed by atoms with Crippen LogP contribution in [0.25, 0.3) is 0 Å². The first-order valence-corrected chi connectivity index (χ1v) is 7.23. The second-order valence-electron chi connectivity index (χ2n) is 5.17. The lowest BCUT2D eigenvalue weighted by Crippen LogP contribution is -2.17. The van der Waals surface area contributed by atoms with Gasteiger partial charge in [0.05, 0.1) is 10.7 Å². The maximum Gasteiger partial charge on any atom is 0.0642 e. The third-order valence-corrected chi connectivity index (χ3v) is 3.70. The van der Waals surface area contributed by atoms with E-state index in [-0.39, 0.29) is 0 Å². The number of aryl methyl sites for hydroxylation is 1. The van der Waals surface area contributed by atoms with Gasteiger partial charge in [-0.2, -0.15) is 0 Å². The first kappa shape index (κ1) is 14.9. The molecule has 0 amide bonds. The predicted octanol–water partition coefficient (Wildman–Crippen LogP) is 3.79. The molecule has 0 atom stereocenters. The van der Waals surface area contributed by atoms with Crippen molar-refractivity contribution in [3.63, 3.8) is 0 Å². The van der Waals surface area contributed by atoms with Gasteiger partial charge in [-0.1, -0.05) is 47.5 Å². The molecule has 0 fully saturated rings. The van der Waals surface area contributed by atoms with Gasteiger partial charge in [0.25, 0.3) is 0 Å². The first-order valence-electron chi connectivity index (χ1n) is 6.85. The highest BCUT2D eigenvalue weighted by atomic mass is 35.5. The van der Waals surface area contributed by atoms with E-state index >= 15 is 0 Å². The van der Waals surface area contributed by atoms with Crippen LogP contribution in [-0.4, -0.2) is 13.6 Å². The Morgan fingerprint density at radius 2 is 1.70 bits per heavy atom. The van der Waals surface area contributed by atoms with Gasteiger partial charge in [0.2, 0.25) is 0 Å². The lowest BCUT2D eigenvalue weighted by Gasteiger charge is -2.21. The molecule has 0 aliphatic heterocycles. The van der Waals surface area contributed by atoms with Crippen molar-refractivity contribution < 1.29 is 0 Å². The van der Waals surface area contributed by atoms with Crippen molar-refractivity contribution in [2.24, 2.45) is 5.73 Å². The molecule has 0 spiro atoms. The summed E-state index contributed by atoms with van der Waals surface area (Å²) in [6.07, 6.45) is 0.863. The van der Waals surface area contributed by atoms with Gasteiger partial charge in [0.15, 0.2) is 0 Å². The van der Waals surface area contributed by atoms with E-state index in [4.69, 9.17) is 17.3 Å². The molecular formula is C17H21ClN2. The number of rotatable bonds is 5. The molecule has 0 heterocycles. The van der Waals surface area contributed by atoms with Gasteiger partial charge in [-0.3, -0.25) is 0 Å². The Morgan fingerprint density at radius 1 is 1.05 bits per heavy atom. The van der Waals surface area contributed by atoms with Crippen molar-refractivity contribution in [1.82, 2.24) is 0 Å². The Hall–Kier alpha value is -1.51. The van der Waals surface area contributed by atoms with Gasteiger partial charge in [0, 0.05) is 13.6 Å².